The van der Waals surface area contributed by atoms with E-state index in [9.17, 15) is 4.79 Å². The number of rotatable bonds is 5. The van der Waals surface area contributed by atoms with E-state index in [1.165, 1.54) is 0 Å². The van der Waals surface area contributed by atoms with Crippen molar-refractivity contribution in [3.05, 3.63) is 23.8 Å². The van der Waals surface area contributed by atoms with Gasteiger partial charge in [0.2, 0.25) is 5.91 Å². The molecule has 0 radical (unpaired) electrons. The fourth-order valence-corrected chi connectivity index (χ4v) is 1.80. The lowest BCUT2D eigenvalue weighted by atomic mass is 10.2. The van der Waals surface area contributed by atoms with Crippen molar-refractivity contribution in [2.75, 3.05) is 21.3 Å². The zero-order valence-electron chi connectivity index (χ0n) is 11.1. The minimum Gasteiger partial charge on any atom is -0.493 e. The molecule has 0 heterocycles. The minimum absolute atomic E-state index is 0.105. The van der Waals surface area contributed by atoms with E-state index < -0.39 is 5.38 Å². The van der Waals surface area contributed by atoms with E-state index in [2.05, 4.69) is 0 Å². The number of hydrogen-bond donors (Lipinski definition) is 0. The van der Waals surface area contributed by atoms with Crippen LogP contribution in [0.5, 0.6) is 11.5 Å². The Hall–Kier alpha value is -1.42. The van der Waals surface area contributed by atoms with Gasteiger partial charge in [-0.1, -0.05) is 6.07 Å². The SMILES string of the molecule is COc1ccc(CN(C)C(=O)[C@H](C)Cl)cc1OC. The van der Waals surface area contributed by atoms with Gasteiger partial charge in [-0.2, -0.15) is 0 Å². The molecule has 4 nitrogen and oxygen atoms in total. The maximum Gasteiger partial charge on any atom is 0.240 e. The summed E-state index contributed by atoms with van der Waals surface area (Å²) in [5.74, 6) is 1.21. The number of ether oxygens (including phenoxy) is 2. The molecule has 18 heavy (non-hydrogen) atoms. The third-order valence-electron chi connectivity index (χ3n) is 2.58. The third kappa shape index (κ3) is 3.53. The average Bonchev–Trinajstić information content (AvgIpc) is 2.37. The maximum atomic E-state index is 11.7. The van der Waals surface area contributed by atoms with E-state index >= 15 is 0 Å². The van der Waals surface area contributed by atoms with E-state index in [1.54, 1.807) is 33.1 Å². The number of carbonyl (C=O) groups is 1. The van der Waals surface area contributed by atoms with Crippen molar-refractivity contribution in [3.63, 3.8) is 0 Å². The number of benzene rings is 1. The highest BCUT2D eigenvalue weighted by atomic mass is 35.5. The number of nitrogens with zero attached hydrogens (tertiary/aromatic N) is 1. The van der Waals surface area contributed by atoms with Gasteiger partial charge in [0.15, 0.2) is 11.5 Å². The standard InChI is InChI=1S/C13H18ClNO3/c1-9(14)13(16)15(2)8-10-5-6-11(17-3)12(7-10)18-4/h5-7,9H,8H2,1-4H3/t9-/m0/s1. The monoisotopic (exact) mass is 271 g/mol. The molecule has 0 fully saturated rings. The molecule has 0 saturated heterocycles. The Labute approximate surface area is 112 Å². The van der Waals surface area contributed by atoms with Crippen molar-refractivity contribution in [1.82, 2.24) is 4.90 Å². The largest absolute Gasteiger partial charge is 0.493 e. The first-order valence-electron chi connectivity index (χ1n) is 5.59. The first kappa shape index (κ1) is 14.6. The lowest BCUT2D eigenvalue weighted by molar-refractivity contribution is -0.129. The lowest BCUT2D eigenvalue weighted by Gasteiger charge is -2.19. The number of amides is 1. The van der Waals surface area contributed by atoms with Gasteiger partial charge in [-0.15, -0.1) is 11.6 Å². The van der Waals surface area contributed by atoms with Gasteiger partial charge in [0.25, 0.3) is 0 Å². The van der Waals surface area contributed by atoms with Crippen LogP contribution in [-0.2, 0) is 11.3 Å². The summed E-state index contributed by atoms with van der Waals surface area (Å²) in [7, 11) is 4.89. The van der Waals surface area contributed by atoms with Crippen LogP contribution in [0, 0.1) is 0 Å². The maximum absolute atomic E-state index is 11.7. The van der Waals surface area contributed by atoms with Gasteiger partial charge in [-0.25, -0.2) is 0 Å². The fourth-order valence-electron chi connectivity index (χ4n) is 1.63. The van der Waals surface area contributed by atoms with Gasteiger partial charge in [0, 0.05) is 13.6 Å². The van der Waals surface area contributed by atoms with Crippen LogP contribution >= 0.6 is 11.6 Å². The summed E-state index contributed by atoms with van der Waals surface area (Å²) in [6, 6.07) is 5.56. The first-order valence-corrected chi connectivity index (χ1v) is 6.03. The van der Waals surface area contributed by atoms with Crippen molar-refractivity contribution in [3.8, 4) is 11.5 Å². The normalized spacial score (nSPS) is 11.8. The van der Waals surface area contributed by atoms with Gasteiger partial charge in [0.1, 0.15) is 5.38 Å². The molecular weight excluding hydrogens is 254 g/mol. The Bertz CT molecular complexity index is 421. The molecule has 0 aromatic heterocycles. The van der Waals surface area contributed by atoms with Crippen LogP contribution in [0.4, 0.5) is 0 Å². The molecule has 0 N–H and O–H groups in total. The minimum atomic E-state index is -0.518. The molecule has 0 saturated carbocycles. The van der Waals surface area contributed by atoms with Crippen LogP contribution in [0.1, 0.15) is 12.5 Å². The zero-order valence-corrected chi connectivity index (χ0v) is 11.8. The van der Waals surface area contributed by atoms with Crippen molar-refractivity contribution < 1.29 is 14.3 Å². The molecule has 0 spiro atoms. The molecule has 0 unspecified atom stereocenters. The Morgan fingerprint density at radius 3 is 2.44 bits per heavy atom. The fraction of sp³-hybridized carbons (Fsp3) is 0.462. The van der Waals surface area contributed by atoms with Gasteiger partial charge >= 0.3 is 0 Å². The van der Waals surface area contributed by atoms with Gasteiger partial charge < -0.3 is 14.4 Å². The van der Waals surface area contributed by atoms with E-state index in [1.807, 2.05) is 18.2 Å². The molecular formula is C13H18ClNO3. The van der Waals surface area contributed by atoms with Crippen LogP contribution in [0.25, 0.3) is 0 Å². The molecule has 0 bridgehead atoms. The summed E-state index contributed by atoms with van der Waals surface area (Å²) < 4.78 is 10.4. The van der Waals surface area contributed by atoms with E-state index in [4.69, 9.17) is 21.1 Å². The second-order valence-electron chi connectivity index (χ2n) is 4.00. The van der Waals surface area contributed by atoms with Crippen LogP contribution in [-0.4, -0.2) is 37.5 Å². The van der Waals surface area contributed by atoms with Crippen LogP contribution in [0.3, 0.4) is 0 Å². The van der Waals surface area contributed by atoms with Crippen LogP contribution < -0.4 is 9.47 Å². The van der Waals surface area contributed by atoms with E-state index in [0.29, 0.717) is 18.0 Å². The quantitative estimate of drug-likeness (QED) is 0.772. The Kier molecular flexibility index (Phi) is 5.28. The summed E-state index contributed by atoms with van der Waals surface area (Å²) >= 11 is 5.76. The Balaban J connectivity index is 2.82. The third-order valence-corrected chi connectivity index (χ3v) is 2.77. The molecule has 0 aliphatic carbocycles. The van der Waals surface area contributed by atoms with Crippen molar-refractivity contribution in [2.45, 2.75) is 18.8 Å². The molecule has 5 heteroatoms. The summed E-state index contributed by atoms with van der Waals surface area (Å²) in [5.41, 5.74) is 0.959. The molecule has 0 aliphatic rings. The highest BCUT2D eigenvalue weighted by Crippen LogP contribution is 2.27. The molecule has 100 valence electrons. The second kappa shape index (κ2) is 6.50. The number of carbonyl (C=O) groups excluding carboxylic acids is 1. The molecule has 1 aromatic carbocycles. The predicted molar refractivity (Wildman–Crippen MR) is 71.3 cm³/mol. The van der Waals surface area contributed by atoms with Gasteiger partial charge in [-0.3, -0.25) is 4.79 Å². The zero-order chi connectivity index (χ0) is 13.7. The highest BCUT2D eigenvalue weighted by Gasteiger charge is 2.15. The number of alkyl halides is 1. The predicted octanol–water partition coefficient (Wildman–Crippen LogP) is 2.29. The molecule has 1 atom stereocenters. The number of halogens is 1. The summed E-state index contributed by atoms with van der Waals surface area (Å²) in [5, 5.41) is -0.518. The first-order chi connectivity index (χ1) is 8.49. The van der Waals surface area contributed by atoms with Crippen LogP contribution in [0.15, 0.2) is 18.2 Å². The summed E-state index contributed by atoms with van der Waals surface area (Å²) in [6.07, 6.45) is 0. The summed E-state index contributed by atoms with van der Waals surface area (Å²) in [6.45, 7) is 2.14. The lowest BCUT2D eigenvalue weighted by Crippen LogP contribution is -2.31. The van der Waals surface area contributed by atoms with E-state index in [0.717, 1.165) is 5.56 Å². The van der Waals surface area contributed by atoms with E-state index in [-0.39, 0.29) is 5.91 Å². The van der Waals surface area contributed by atoms with Crippen molar-refractivity contribution in [1.29, 1.82) is 0 Å². The summed E-state index contributed by atoms with van der Waals surface area (Å²) in [4.78, 5) is 13.2. The Morgan fingerprint density at radius 2 is 1.94 bits per heavy atom. The van der Waals surface area contributed by atoms with Crippen LogP contribution in [0.2, 0.25) is 0 Å². The highest BCUT2D eigenvalue weighted by molar-refractivity contribution is 6.30. The number of methoxy groups -OCH3 is 2. The van der Waals surface area contributed by atoms with Gasteiger partial charge in [-0.05, 0) is 24.6 Å². The van der Waals surface area contributed by atoms with Crippen molar-refractivity contribution >= 4 is 17.5 Å². The second-order valence-corrected chi connectivity index (χ2v) is 4.65. The average molecular weight is 272 g/mol. The molecule has 1 aromatic rings. The topological polar surface area (TPSA) is 38.8 Å². The smallest absolute Gasteiger partial charge is 0.240 e. The Morgan fingerprint density at radius 1 is 1.33 bits per heavy atom. The van der Waals surface area contributed by atoms with Gasteiger partial charge in [0.05, 0.1) is 14.2 Å². The molecule has 1 amide bonds. The molecule has 0 aliphatic heterocycles. The number of hydrogen-bond acceptors (Lipinski definition) is 3. The molecule has 1 rings (SSSR count). The van der Waals surface area contributed by atoms with Crippen molar-refractivity contribution in [2.24, 2.45) is 0 Å².